The lowest BCUT2D eigenvalue weighted by molar-refractivity contribution is -0.385. The Kier molecular flexibility index (Phi) is 7.88. The second-order valence-electron chi connectivity index (χ2n) is 11.8. The van der Waals surface area contributed by atoms with E-state index in [0.29, 0.717) is 34.5 Å². The van der Waals surface area contributed by atoms with Gasteiger partial charge in [-0.15, -0.1) is 0 Å². The van der Waals surface area contributed by atoms with Gasteiger partial charge in [0, 0.05) is 22.6 Å². The second-order valence-corrected chi connectivity index (χ2v) is 11.8. The minimum Gasteiger partial charge on any atom is -0.487 e. The number of benzene rings is 2. The van der Waals surface area contributed by atoms with Gasteiger partial charge in [-0.05, 0) is 77.4 Å². The van der Waals surface area contributed by atoms with E-state index in [0.717, 1.165) is 6.42 Å². The molecule has 1 aliphatic heterocycles. The fourth-order valence-electron chi connectivity index (χ4n) is 4.46. The summed E-state index contributed by atoms with van der Waals surface area (Å²) in [6, 6.07) is 11.6. The van der Waals surface area contributed by atoms with E-state index in [4.69, 9.17) is 27.9 Å². The first-order valence-corrected chi connectivity index (χ1v) is 13.9. The molecular formula is C30H34N4O9. The van der Waals surface area contributed by atoms with Crippen LogP contribution in [0.2, 0.25) is 0 Å². The summed E-state index contributed by atoms with van der Waals surface area (Å²) >= 11 is 0. The van der Waals surface area contributed by atoms with Gasteiger partial charge in [-0.2, -0.15) is 4.98 Å². The monoisotopic (exact) mass is 594 g/mol. The summed E-state index contributed by atoms with van der Waals surface area (Å²) in [4.78, 5) is 28.4. The molecule has 1 saturated heterocycles. The summed E-state index contributed by atoms with van der Waals surface area (Å²) in [5.74, 6) is 0.159. The zero-order chi connectivity index (χ0) is 31.0. The molecule has 1 amide bonds. The molecule has 13 nitrogen and oxygen atoms in total. The number of carbonyl (C=O) groups is 1. The van der Waals surface area contributed by atoms with Gasteiger partial charge in [0.1, 0.15) is 22.5 Å². The highest BCUT2D eigenvalue weighted by molar-refractivity contribution is 5.83. The zero-order valence-corrected chi connectivity index (χ0v) is 24.9. The lowest BCUT2D eigenvalue weighted by atomic mass is 9.96. The first-order chi connectivity index (χ1) is 20.3. The highest BCUT2D eigenvalue weighted by Crippen LogP contribution is 2.37. The normalized spacial score (nSPS) is 16.1. The number of nitrogens with zero attached hydrogens (tertiary/aromatic N) is 3. The number of nitrogens with one attached hydrogen (secondary N) is 1. The van der Waals surface area contributed by atoms with Crippen LogP contribution in [0, 0.1) is 10.1 Å². The van der Waals surface area contributed by atoms with Gasteiger partial charge in [0.25, 0.3) is 5.89 Å². The van der Waals surface area contributed by atoms with Crippen molar-refractivity contribution in [2.45, 2.75) is 64.9 Å². The molecule has 228 valence electrons. The Morgan fingerprint density at radius 2 is 1.81 bits per heavy atom. The maximum absolute atomic E-state index is 12.8. The molecule has 0 aliphatic carbocycles. The van der Waals surface area contributed by atoms with Crippen molar-refractivity contribution < 1.29 is 37.6 Å². The van der Waals surface area contributed by atoms with Gasteiger partial charge in [0.05, 0.1) is 24.7 Å². The van der Waals surface area contributed by atoms with Gasteiger partial charge in [0.15, 0.2) is 11.5 Å². The molecule has 2 aromatic carbocycles. The van der Waals surface area contributed by atoms with Gasteiger partial charge in [-0.25, -0.2) is 4.79 Å². The number of nitro benzene ring substituents is 1. The number of hydrogen-bond donors (Lipinski definition) is 1. The van der Waals surface area contributed by atoms with Crippen molar-refractivity contribution in [3.05, 3.63) is 58.3 Å². The lowest BCUT2D eigenvalue weighted by Gasteiger charge is -2.42. The molecule has 0 unspecified atom stereocenters. The van der Waals surface area contributed by atoms with Crippen LogP contribution in [0.3, 0.4) is 0 Å². The Morgan fingerprint density at radius 1 is 1.09 bits per heavy atom. The van der Waals surface area contributed by atoms with Crippen LogP contribution in [0.15, 0.2) is 51.4 Å². The maximum atomic E-state index is 12.8. The van der Waals surface area contributed by atoms with Gasteiger partial charge in [-0.1, -0.05) is 12.1 Å². The number of nitro groups is 1. The first-order valence-electron chi connectivity index (χ1n) is 13.9. The fourth-order valence-corrected chi connectivity index (χ4v) is 4.46. The molecule has 43 heavy (non-hydrogen) atoms. The number of amides is 1. The third-order valence-corrected chi connectivity index (χ3v) is 6.61. The van der Waals surface area contributed by atoms with Gasteiger partial charge < -0.3 is 33.2 Å². The van der Waals surface area contributed by atoms with Crippen molar-refractivity contribution in [3.63, 3.8) is 0 Å². The van der Waals surface area contributed by atoms with Gasteiger partial charge in [0.2, 0.25) is 5.82 Å². The Labute approximate surface area is 247 Å². The molecule has 3 heterocycles. The average Bonchev–Trinajstić information content (AvgIpc) is 3.60. The summed E-state index contributed by atoms with van der Waals surface area (Å²) in [6.45, 7) is 11.4. The number of rotatable bonds is 8. The maximum Gasteiger partial charge on any atom is 0.408 e. The van der Waals surface area contributed by atoms with Crippen molar-refractivity contribution in [1.82, 2.24) is 15.5 Å². The summed E-state index contributed by atoms with van der Waals surface area (Å²) in [5.41, 5.74) is -0.474. The van der Waals surface area contributed by atoms with Crippen LogP contribution in [0.25, 0.3) is 33.8 Å². The molecule has 2 aromatic heterocycles. The SMILES string of the molecule is CCCOc1ccc(-c2nc(-c3ccc4oc(C5(NC(=O)OC(C)(C)C)COC(C)(C)OC5)cc4c3)no2)cc1[N+](=O)[O-]. The molecule has 0 bridgehead atoms. The molecule has 1 aliphatic rings. The Hall–Kier alpha value is -4.49. The zero-order valence-electron chi connectivity index (χ0n) is 24.9. The molecule has 0 atom stereocenters. The molecule has 4 aromatic rings. The van der Waals surface area contributed by atoms with Crippen LogP contribution >= 0.6 is 0 Å². The highest BCUT2D eigenvalue weighted by atomic mass is 16.7. The van der Waals surface area contributed by atoms with Crippen molar-refractivity contribution in [1.29, 1.82) is 0 Å². The summed E-state index contributed by atoms with van der Waals surface area (Å²) in [5, 5.41) is 19.3. The third kappa shape index (κ3) is 6.62. The molecular weight excluding hydrogens is 560 g/mol. The van der Waals surface area contributed by atoms with E-state index in [1.165, 1.54) is 12.1 Å². The topological polar surface area (TPSA) is 161 Å². The van der Waals surface area contributed by atoms with E-state index < -0.39 is 27.9 Å². The predicted molar refractivity (Wildman–Crippen MR) is 154 cm³/mol. The highest BCUT2D eigenvalue weighted by Gasteiger charge is 2.46. The molecule has 0 radical (unpaired) electrons. The smallest absolute Gasteiger partial charge is 0.408 e. The second kappa shape index (κ2) is 11.3. The van der Waals surface area contributed by atoms with E-state index in [2.05, 4.69) is 15.5 Å². The van der Waals surface area contributed by atoms with E-state index >= 15 is 0 Å². The van der Waals surface area contributed by atoms with Crippen molar-refractivity contribution in [3.8, 4) is 28.6 Å². The largest absolute Gasteiger partial charge is 0.487 e. The molecule has 0 spiro atoms. The van der Waals surface area contributed by atoms with Crippen LogP contribution < -0.4 is 10.1 Å². The van der Waals surface area contributed by atoms with Crippen molar-refractivity contribution >= 4 is 22.7 Å². The van der Waals surface area contributed by atoms with Crippen LogP contribution in [-0.4, -0.2) is 52.4 Å². The quantitative estimate of drug-likeness (QED) is 0.179. The Balaban J connectivity index is 1.44. The number of hydrogen-bond acceptors (Lipinski definition) is 11. The number of carbonyl (C=O) groups excluding carboxylic acids is 1. The van der Waals surface area contributed by atoms with Gasteiger partial charge >= 0.3 is 11.8 Å². The summed E-state index contributed by atoms with van der Waals surface area (Å²) in [6.07, 6.45) is 0.0835. The average molecular weight is 595 g/mol. The van der Waals surface area contributed by atoms with E-state index in [-0.39, 0.29) is 36.4 Å². The predicted octanol–water partition coefficient (Wildman–Crippen LogP) is 6.35. The van der Waals surface area contributed by atoms with Crippen molar-refractivity contribution in [2.75, 3.05) is 19.8 Å². The Bertz CT molecular complexity index is 1640. The molecule has 13 heteroatoms. The fraction of sp³-hybridized carbons (Fsp3) is 0.433. The van der Waals surface area contributed by atoms with E-state index in [1.807, 2.05) is 13.0 Å². The Morgan fingerprint density at radius 3 is 2.49 bits per heavy atom. The standard InChI is InChI=1S/C30H34N4O9/c1-7-12-38-23-11-9-19(14-21(23)34(36)37)26-31-25(33-43-26)18-8-10-22-20(13-18)15-24(41-22)30(16-39-29(5,6)40-17-30)32-27(35)42-28(2,3)4/h8-11,13-15H,7,12,16-17H2,1-6H3,(H,32,35). The van der Waals surface area contributed by atoms with Crippen LogP contribution in [-0.2, 0) is 19.7 Å². The lowest BCUT2D eigenvalue weighted by Crippen LogP contribution is -2.59. The third-order valence-electron chi connectivity index (χ3n) is 6.61. The number of furan rings is 1. The molecule has 5 rings (SSSR count). The van der Waals surface area contributed by atoms with Gasteiger partial charge in [-0.3, -0.25) is 10.1 Å². The van der Waals surface area contributed by atoms with Crippen LogP contribution in [0.5, 0.6) is 5.75 Å². The number of ether oxygens (including phenoxy) is 4. The number of alkyl carbamates (subject to hydrolysis) is 1. The van der Waals surface area contributed by atoms with Crippen molar-refractivity contribution in [2.24, 2.45) is 0 Å². The number of aromatic nitrogens is 2. The first kappa shape index (κ1) is 30.0. The molecule has 1 N–H and O–H groups in total. The van der Waals surface area contributed by atoms with E-state index in [9.17, 15) is 14.9 Å². The number of fused-ring (bicyclic) bond motifs is 1. The molecule has 0 saturated carbocycles. The summed E-state index contributed by atoms with van der Waals surface area (Å²) in [7, 11) is 0. The van der Waals surface area contributed by atoms with Crippen LogP contribution in [0.4, 0.5) is 10.5 Å². The minimum absolute atomic E-state index is 0.0918. The summed E-state index contributed by atoms with van der Waals surface area (Å²) < 4.78 is 34.5. The van der Waals surface area contributed by atoms with Crippen LogP contribution in [0.1, 0.15) is 53.7 Å². The minimum atomic E-state index is -1.14. The van der Waals surface area contributed by atoms with E-state index in [1.54, 1.807) is 58.9 Å². The molecule has 1 fully saturated rings.